The van der Waals surface area contributed by atoms with Gasteiger partial charge in [-0.05, 0) is 25.1 Å². The molecule has 30 heavy (non-hydrogen) atoms. The number of aromatic nitrogens is 4. The van der Waals surface area contributed by atoms with Crippen LogP contribution in [0.3, 0.4) is 0 Å². The molecule has 3 aromatic rings. The van der Waals surface area contributed by atoms with Gasteiger partial charge in [0.05, 0.1) is 36.5 Å². The predicted octanol–water partition coefficient (Wildman–Crippen LogP) is 2.20. The summed E-state index contributed by atoms with van der Waals surface area (Å²) in [5.41, 5.74) is 7.57. The lowest BCUT2D eigenvalue weighted by atomic mass is 10.1. The Morgan fingerprint density at radius 3 is 2.63 bits per heavy atom. The van der Waals surface area contributed by atoms with Crippen molar-refractivity contribution >= 4 is 5.82 Å². The molecule has 0 spiro atoms. The zero-order valence-electron chi connectivity index (χ0n) is 16.7. The van der Waals surface area contributed by atoms with Crippen LogP contribution in [-0.4, -0.2) is 46.2 Å². The third kappa shape index (κ3) is 4.05. The number of hydrogen-bond donors (Lipinski definition) is 1. The van der Waals surface area contributed by atoms with Gasteiger partial charge in [-0.2, -0.15) is 10.2 Å². The van der Waals surface area contributed by atoms with Gasteiger partial charge in [-0.15, -0.1) is 0 Å². The van der Waals surface area contributed by atoms with E-state index in [4.69, 9.17) is 15.2 Å². The number of likely N-dealkylation sites (N-methyl/N-ethyl adjacent to an activating group) is 1. The third-order valence-corrected chi connectivity index (χ3v) is 4.84. The van der Waals surface area contributed by atoms with Crippen molar-refractivity contribution in [1.82, 2.24) is 19.9 Å². The van der Waals surface area contributed by atoms with Crippen molar-refractivity contribution in [1.29, 1.82) is 5.26 Å². The number of ether oxygens (including phenoxy) is 2. The van der Waals surface area contributed by atoms with E-state index in [1.807, 2.05) is 18.9 Å². The van der Waals surface area contributed by atoms with E-state index in [1.54, 1.807) is 36.7 Å². The Kier molecular flexibility index (Phi) is 5.52. The van der Waals surface area contributed by atoms with Gasteiger partial charge in [0.2, 0.25) is 5.88 Å². The first-order valence-corrected chi connectivity index (χ1v) is 9.47. The molecule has 2 N–H and O–H groups in total. The molecule has 152 valence electrons. The van der Waals surface area contributed by atoms with Crippen LogP contribution in [-0.2, 0) is 11.3 Å². The first-order valence-electron chi connectivity index (χ1n) is 9.47. The SMILES string of the molecule is Cc1nc(Oc2cc(C#N)ccc2-c2ncc(CN)cn2)cc(N(C)C2COC2)n1. The van der Waals surface area contributed by atoms with Crippen LogP contribution >= 0.6 is 0 Å². The van der Waals surface area contributed by atoms with E-state index in [1.165, 1.54) is 0 Å². The molecule has 9 heteroatoms. The maximum Gasteiger partial charge on any atom is 0.224 e. The molecule has 1 aliphatic heterocycles. The molecule has 2 aromatic heterocycles. The topological polar surface area (TPSA) is 123 Å². The summed E-state index contributed by atoms with van der Waals surface area (Å²) in [5.74, 6) is 2.61. The van der Waals surface area contributed by atoms with Crippen LogP contribution in [0.25, 0.3) is 11.4 Å². The second kappa shape index (κ2) is 8.41. The van der Waals surface area contributed by atoms with Crippen LogP contribution in [0.5, 0.6) is 11.6 Å². The molecule has 0 atom stereocenters. The Balaban J connectivity index is 1.69. The number of nitrogens with two attached hydrogens (primary N) is 1. The fourth-order valence-corrected chi connectivity index (χ4v) is 2.97. The summed E-state index contributed by atoms with van der Waals surface area (Å²) in [5, 5.41) is 9.32. The Bertz CT molecular complexity index is 1090. The minimum atomic E-state index is 0.277. The minimum absolute atomic E-state index is 0.277. The van der Waals surface area contributed by atoms with Crippen molar-refractivity contribution in [2.75, 3.05) is 25.2 Å². The number of rotatable bonds is 6. The van der Waals surface area contributed by atoms with Gasteiger partial charge in [0.1, 0.15) is 17.4 Å². The van der Waals surface area contributed by atoms with Crippen molar-refractivity contribution < 1.29 is 9.47 Å². The number of hydrogen-bond acceptors (Lipinski definition) is 9. The smallest absolute Gasteiger partial charge is 0.224 e. The number of benzene rings is 1. The second-order valence-corrected chi connectivity index (χ2v) is 6.96. The highest BCUT2D eigenvalue weighted by atomic mass is 16.5. The Labute approximate surface area is 174 Å². The van der Waals surface area contributed by atoms with Gasteiger partial charge in [-0.3, -0.25) is 0 Å². The van der Waals surface area contributed by atoms with E-state index < -0.39 is 0 Å². The number of nitriles is 1. The molecule has 1 aliphatic rings. The van der Waals surface area contributed by atoms with Gasteiger partial charge in [0.15, 0.2) is 5.82 Å². The predicted molar refractivity (Wildman–Crippen MR) is 110 cm³/mol. The van der Waals surface area contributed by atoms with Crippen molar-refractivity contribution in [2.24, 2.45) is 5.73 Å². The van der Waals surface area contributed by atoms with Gasteiger partial charge in [-0.25, -0.2) is 15.0 Å². The van der Waals surface area contributed by atoms with Crippen LogP contribution in [0.4, 0.5) is 5.82 Å². The maximum atomic E-state index is 9.32. The Hall–Kier alpha value is -3.61. The average molecular weight is 403 g/mol. The molecule has 3 heterocycles. The summed E-state index contributed by atoms with van der Waals surface area (Å²) in [4.78, 5) is 19.7. The lowest BCUT2D eigenvalue weighted by molar-refractivity contribution is 0.00985. The van der Waals surface area contributed by atoms with E-state index in [0.717, 1.165) is 11.4 Å². The van der Waals surface area contributed by atoms with Crippen molar-refractivity contribution in [3.05, 3.63) is 53.6 Å². The molecule has 0 aliphatic carbocycles. The summed E-state index contributed by atoms with van der Waals surface area (Å²) in [6.45, 7) is 3.50. The summed E-state index contributed by atoms with van der Waals surface area (Å²) >= 11 is 0. The van der Waals surface area contributed by atoms with Crippen molar-refractivity contribution in [3.63, 3.8) is 0 Å². The molecular formula is C21H21N7O2. The van der Waals surface area contributed by atoms with E-state index in [2.05, 4.69) is 26.0 Å². The summed E-state index contributed by atoms with van der Waals surface area (Å²) in [6.07, 6.45) is 3.35. The molecule has 0 saturated carbocycles. The quantitative estimate of drug-likeness (QED) is 0.659. The molecule has 0 bridgehead atoms. The monoisotopic (exact) mass is 403 g/mol. The lowest BCUT2D eigenvalue weighted by Gasteiger charge is -2.35. The van der Waals surface area contributed by atoms with Crippen LogP contribution in [0.2, 0.25) is 0 Å². The molecule has 1 aromatic carbocycles. The van der Waals surface area contributed by atoms with Crippen LogP contribution in [0, 0.1) is 18.3 Å². The Morgan fingerprint density at radius 1 is 1.23 bits per heavy atom. The third-order valence-electron chi connectivity index (χ3n) is 4.84. The summed E-state index contributed by atoms with van der Waals surface area (Å²) < 4.78 is 11.4. The molecular weight excluding hydrogens is 382 g/mol. The minimum Gasteiger partial charge on any atom is -0.438 e. The highest BCUT2D eigenvalue weighted by molar-refractivity contribution is 5.66. The molecule has 0 amide bonds. The zero-order valence-corrected chi connectivity index (χ0v) is 16.7. The second-order valence-electron chi connectivity index (χ2n) is 6.96. The van der Waals surface area contributed by atoms with E-state index >= 15 is 0 Å². The number of nitrogens with zero attached hydrogens (tertiary/aromatic N) is 6. The lowest BCUT2D eigenvalue weighted by Crippen LogP contribution is -2.47. The standard InChI is InChI=1S/C21H21N7O2/c1-13-26-19(28(2)16-11-29-12-16)6-20(27-13)30-18-5-14(7-22)3-4-17(18)21-24-9-15(8-23)10-25-21/h3-6,9-10,16H,8,11-12,23H2,1-2H3. The van der Waals surface area contributed by atoms with Crippen LogP contribution < -0.4 is 15.4 Å². The summed E-state index contributed by atoms with van der Waals surface area (Å²) in [7, 11) is 1.97. The molecule has 9 nitrogen and oxygen atoms in total. The molecule has 1 fully saturated rings. The number of anilines is 1. The molecule has 0 radical (unpaired) electrons. The summed E-state index contributed by atoms with van der Waals surface area (Å²) in [6, 6.07) is 9.29. The maximum absolute atomic E-state index is 9.32. The normalized spacial score (nSPS) is 13.4. The van der Waals surface area contributed by atoms with Gasteiger partial charge >= 0.3 is 0 Å². The van der Waals surface area contributed by atoms with Gasteiger partial charge < -0.3 is 20.1 Å². The first kappa shape index (κ1) is 19.7. The highest BCUT2D eigenvalue weighted by Crippen LogP contribution is 2.33. The molecule has 0 unspecified atom stereocenters. The van der Waals surface area contributed by atoms with Crippen LogP contribution in [0.15, 0.2) is 36.7 Å². The van der Waals surface area contributed by atoms with Crippen LogP contribution in [0.1, 0.15) is 17.0 Å². The van der Waals surface area contributed by atoms with E-state index in [9.17, 15) is 5.26 Å². The molecule has 1 saturated heterocycles. The highest BCUT2D eigenvalue weighted by Gasteiger charge is 2.25. The zero-order chi connectivity index (χ0) is 21.1. The van der Waals surface area contributed by atoms with Gasteiger partial charge in [0.25, 0.3) is 0 Å². The fourth-order valence-electron chi connectivity index (χ4n) is 2.97. The van der Waals surface area contributed by atoms with Gasteiger partial charge in [0, 0.05) is 37.6 Å². The van der Waals surface area contributed by atoms with Crippen molar-refractivity contribution in [3.8, 4) is 29.1 Å². The van der Waals surface area contributed by atoms with E-state index in [0.29, 0.717) is 54.2 Å². The fraction of sp³-hybridized carbons (Fsp3) is 0.286. The average Bonchev–Trinajstić information content (AvgIpc) is 2.72. The largest absolute Gasteiger partial charge is 0.438 e. The van der Waals surface area contributed by atoms with E-state index in [-0.39, 0.29) is 6.04 Å². The Morgan fingerprint density at radius 2 is 2.00 bits per heavy atom. The first-order chi connectivity index (χ1) is 14.6. The van der Waals surface area contributed by atoms with Crippen molar-refractivity contribution in [2.45, 2.75) is 19.5 Å². The number of aryl methyl sites for hydroxylation is 1. The van der Waals surface area contributed by atoms with Gasteiger partial charge in [-0.1, -0.05) is 0 Å². The molecule has 4 rings (SSSR count).